The quantitative estimate of drug-likeness (QED) is 0.591. The third-order valence-electron chi connectivity index (χ3n) is 3.42. The van der Waals surface area contributed by atoms with Gasteiger partial charge in [0.25, 0.3) is 0 Å². The fourth-order valence-corrected chi connectivity index (χ4v) is 2.39. The summed E-state index contributed by atoms with van der Waals surface area (Å²) in [5.41, 5.74) is 8.69. The average molecular weight is 285 g/mol. The second-order valence-electron chi connectivity index (χ2n) is 4.89. The predicted molar refractivity (Wildman–Crippen MR) is 81.8 cm³/mol. The van der Waals surface area contributed by atoms with Crippen molar-refractivity contribution in [1.82, 2.24) is 4.98 Å². The van der Waals surface area contributed by atoms with Gasteiger partial charge in [-0.25, -0.2) is 4.98 Å². The molecular formula is C14H15N5O2. The summed E-state index contributed by atoms with van der Waals surface area (Å²) in [6.45, 7) is 1.00. The van der Waals surface area contributed by atoms with Gasteiger partial charge in [-0.05, 0) is 42.7 Å². The van der Waals surface area contributed by atoms with Crippen molar-refractivity contribution in [3.63, 3.8) is 0 Å². The third-order valence-corrected chi connectivity index (χ3v) is 3.42. The molecule has 0 amide bonds. The first-order valence-corrected chi connectivity index (χ1v) is 6.68. The lowest BCUT2D eigenvalue weighted by Gasteiger charge is -2.19. The first-order valence-electron chi connectivity index (χ1n) is 6.68. The van der Waals surface area contributed by atoms with Gasteiger partial charge < -0.3 is 16.4 Å². The Hall–Kier alpha value is -2.83. The maximum absolute atomic E-state index is 10.7. The highest BCUT2D eigenvalue weighted by Crippen LogP contribution is 2.27. The van der Waals surface area contributed by atoms with Crippen molar-refractivity contribution in [2.75, 3.05) is 22.9 Å². The molecule has 3 rings (SSSR count). The molecule has 7 nitrogen and oxygen atoms in total. The number of nitrogens with one attached hydrogen (secondary N) is 2. The number of rotatable bonds is 3. The maximum Gasteiger partial charge on any atom is 0.311 e. The zero-order valence-electron chi connectivity index (χ0n) is 11.3. The normalized spacial score (nSPS) is 13.1. The average Bonchev–Trinajstić information content (AvgIpc) is 2.47. The van der Waals surface area contributed by atoms with E-state index in [1.165, 1.54) is 11.6 Å². The summed E-state index contributed by atoms with van der Waals surface area (Å²) >= 11 is 0. The van der Waals surface area contributed by atoms with E-state index in [9.17, 15) is 10.1 Å². The SMILES string of the molecule is Nc1nc(Nc2ccc3c(c2)CCCN3)ccc1[N+](=O)[O-]. The lowest BCUT2D eigenvalue weighted by atomic mass is 10.0. The molecule has 0 radical (unpaired) electrons. The number of nitrogens with zero attached hydrogens (tertiary/aromatic N) is 2. The zero-order chi connectivity index (χ0) is 14.8. The second kappa shape index (κ2) is 5.28. The van der Waals surface area contributed by atoms with E-state index in [2.05, 4.69) is 21.7 Å². The van der Waals surface area contributed by atoms with E-state index in [-0.39, 0.29) is 11.5 Å². The summed E-state index contributed by atoms with van der Waals surface area (Å²) in [4.78, 5) is 14.2. The number of fused-ring (bicyclic) bond motifs is 1. The largest absolute Gasteiger partial charge is 0.385 e. The van der Waals surface area contributed by atoms with Crippen molar-refractivity contribution in [2.45, 2.75) is 12.8 Å². The highest BCUT2D eigenvalue weighted by Gasteiger charge is 2.13. The Morgan fingerprint density at radius 1 is 1.33 bits per heavy atom. The smallest absolute Gasteiger partial charge is 0.311 e. The van der Waals surface area contributed by atoms with Crippen LogP contribution in [0.15, 0.2) is 30.3 Å². The number of aromatic nitrogens is 1. The van der Waals surface area contributed by atoms with Gasteiger partial charge in [0.2, 0.25) is 5.82 Å². The Balaban J connectivity index is 1.83. The number of hydrogen-bond acceptors (Lipinski definition) is 6. The number of nitro groups is 1. The number of benzene rings is 1. The van der Waals surface area contributed by atoms with Crippen LogP contribution >= 0.6 is 0 Å². The van der Waals surface area contributed by atoms with Crippen LogP contribution in [-0.4, -0.2) is 16.5 Å². The molecule has 1 aliphatic rings. The van der Waals surface area contributed by atoms with Crippen molar-refractivity contribution in [2.24, 2.45) is 0 Å². The molecule has 0 saturated carbocycles. The van der Waals surface area contributed by atoms with E-state index in [4.69, 9.17) is 5.73 Å². The van der Waals surface area contributed by atoms with Crippen LogP contribution in [0.2, 0.25) is 0 Å². The van der Waals surface area contributed by atoms with Gasteiger partial charge in [0.1, 0.15) is 5.82 Å². The number of pyridine rings is 1. The van der Waals surface area contributed by atoms with Crippen LogP contribution in [0.25, 0.3) is 0 Å². The van der Waals surface area contributed by atoms with Gasteiger partial charge in [-0.15, -0.1) is 0 Å². The van der Waals surface area contributed by atoms with E-state index in [0.29, 0.717) is 5.82 Å². The summed E-state index contributed by atoms with van der Waals surface area (Å²) in [6.07, 6.45) is 2.15. The van der Waals surface area contributed by atoms with Crippen molar-refractivity contribution >= 4 is 28.7 Å². The molecule has 0 spiro atoms. The van der Waals surface area contributed by atoms with Crippen molar-refractivity contribution in [3.05, 3.63) is 46.0 Å². The molecule has 21 heavy (non-hydrogen) atoms. The first-order chi connectivity index (χ1) is 10.1. The number of nitrogens with two attached hydrogens (primary N) is 1. The van der Waals surface area contributed by atoms with Crippen LogP contribution in [0.4, 0.5) is 28.7 Å². The highest BCUT2D eigenvalue weighted by molar-refractivity contribution is 5.66. The molecule has 0 bridgehead atoms. The summed E-state index contributed by atoms with van der Waals surface area (Å²) < 4.78 is 0. The number of anilines is 4. The van der Waals surface area contributed by atoms with Crippen LogP contribution in [0.5, 0.6) is 0 Å². The van der Waals surface area contributed by atoms with Crippen LogP contribution in [0.3, 0.4) is 0 Å². The minimum absolute atomic E-state index is 0.0929. The Labute approximate surface area is 121 Å². The van der Waals surface area contributed by atoms with Gasteiger partial charge in [0.15, 0.2) is 0 Å². The fraction of sp³-hybridized carbons (Fsp3) is 0.214. The van der Waals surface area contributed by atoms with Gasteiger partial charge in [0, 0.05) is 24.0 Å². The summed E-state index contributed by atoms with van der Waals surface area (Å²) in [5.74, 6) is 0.395. The lowest BCUT2D eigenvalue weighted by Crippen LogP contribution is -2.11. The van der Waals surface area contributed by atoms with E-state index in [1.54, 1.807) is 6.07 Å². The molecule has 0 atom stereocenters. The van der Waals surface area contributed by atoms with Gasteiger partial charge in [-0.3, -0.25) is 10.1 Å². The van der Waals surface area contributed by atoms with Crippen molar-refractivity contribution < 1.29 is 4.92 Å². The van der Waals surface area contributed by atoms with Crippen LogP contribution in [0, 0.1) is 10.1 Å². The number of hydrogen-bond donors (Lipinski definition) is 3. The van der Waals surface area contributed by atoms with Gasteiger partial charge in [-0.1, -0.05) is 0 Å². The zero-order valence-corrected chi connectivity index (χ0v) is 11.3. The minimum Gasteiger partial charge on any atom is -0.385 e. The molecule has 1 aromatic carbocycles. The molecule has 1 aliphatic heterocycles. The molecule has 0 unspecified atom stereocenters. The van der Waals surface area contributed by atoms with Gasteiger partial charge in [0.05, 0.1) is 4.92 Å². The molecule has 2 heterocycles. The minimum atomic E-state index is -0.545. The molecule has 7 heteroatoms. The Morgan fingerprint density at radius 2 is 2.19 bits per heavy atom. The van der Waals surface area contributed by atoms with Crippen LogP contribution in [-0.2, 0) is 6.42 Å². The molecular weight excluding hydrogens is 270 g/mol. The number of aryl methyl sites for hydroxylation is 1. The summed E-state index contributed by atoms with van der Waals surface area (Å²) in [5, 5.41) is 17.2. The molecule has 0 aliphatic carbocycles. The fourth-order valence-electron chi connectivity index (χ4n) is 2.39. The van der Waals surface area contributed by atoms with E-state index in [0.717, 1.165) is 30.8 Å². The second-order valence-corrected chi connectivity index (χ2v) is 4.89. The molecule has 2 aromatic rings. The van der Waals surface area contributed by atoms with E-state index in [1.807, 2.05) is 12.1 Å². The van der Waals surface area contributed by atoms with Crippen molar-refractivity contribution in [3.8, 4) is 0 Å². The monoisotopic (exact) mass is 285 g/mol. The molecule has 1 aromatic heterocycles. The van der Waals surface area contributed by atoms with E-state index >= 15 is 0 Å². The third kappa shape index (κ3) is 2.71. The van der Waals surface area contributed by atoms with Gasteiger partial charge in [-0.2, -0.15) is 0 Å². The maximum atomic E-state index is 10.7. The molecule has 108 valence electrons. The molecule has 0 saturated heterocycles. The molecule has 4 N–H and O–H groups in total. The first kappa shape index (κ1) is 13.2. The Kier molecular flexibility index (Phi) is 3.31. The number of nitrogen functional groups attached to an aromatic ring is 1. The van der Waals surface area contributed by atoms with E-state index < -0.39 is 4.92 Å². The topological polar surface area (TPSA) is 106 Å². The highest BCUT2D eigenvalue weighted by atomic mass is 16.6. The Morgan fingerprint density at radius 3 is 2.95 bits per heavy atom. The molecule has 0 fully saturated rings. The van der Waals surface area contributed by atoms with Crippen LogP contribution < -0.4 is 16.4 Å². The van der Waals surface area contributed by atoms with Crippen molar-refractivity contribution in [1.29, 1.82) is 0 Å². The standard InChI is InChI=1S/C14H15N5O2/c15-14-12(19(20)21)5-6-13(18-14)17-10-3-4-11-9(8-10)2-1-7-16-11/h3-6,8,16H,1-2,7H2,(H3,15,17,18). The predicted octanol–water partition coefficient (Wildman–Crippen LogP) is 2.67. The van der Waals surface area contributed by atoms with Crippen LogP contribution in [0.1, 0.15) is 12.0 Å². The van der Waals surface area contributed by atoms with Gasteiger partial charge >= 0.3 is 5.69 Å². The summed E-state index contributed by atoms with van der Waals surface area (Å²) in [7, 11) is 0. The Bertz CT molecular complexity index is 702. The lowest BCUT2D eigenvalue weighted by molar-refractivity contribution is -0.384. The summed E-state index contributed by atoms with van der Waals surface area (Å²) in [6, 6.07) is 8.92.